The third-order valence-corrected chi connectivity index (χ3v) is 6.98. The average molecular weight is 498 g/mol. The second-order valence-corrected chi connectivity index (χ2v) is 9.46. The number of carbonyl (C=O) groups excluding carboxylic acids is 2. The van der Waals surface area contributed by atoms with Gasteiger partial charge in [-0.15, -0.1) is 5.10 Å². The van der Waals surface area contributed by atoms with E-state index >= 15 is 0 Å². The Morgan fingerprint density at radius 1 is 0.917 bits per heavy atom. The van der Waals surface area contributed by atoms with Crippen molar-refractivity contribution in [3.8, 4) is 11.1 Å². The maximum Gasteiger partial charge on any atom is 0.280 e. The molecule has 0 radical (unpaired) electrons. The van der Waals surface area contributed by atoms with Crippen molar-refractivity contribution in [3.63, 3.8) is 0 Å². The molecule has 0 unspecified atom stereocenters. The first-order chi connectivity index (χ1) is 17.7. The molecule has 36 heavy (non-hydrogen) atoms. The molecular formula is C28H27N5O2S. The van der Waals surface area contributed by atoms with Crippen molar-refractivity contribution in [1.82, 2.24) is 19.9 Å². The molecule has 182 valence electrons. The standard InChI is InChI=1S/C28H27N5O2S/c34-27(30-21-13-5-2-6-14-21)26(23-16-9-10-18-29-23)33(28(35)24-19-36-32-31-24)25-17-8-7-15-22(25)20-11-3-1-4-12-20/h1,3-4,7-12,15-19,21,26H,2,5-6,13-14H2,(H,30,34)/t26-/m0/s1. The number of nitrogens with one attached hydrogen (secondary N) is 1. The second kappa shape index (κ2) is 11.2. The monoisotopic (exact) mass is 497 g/mol. The van der Waals surface area contributed by atoms with Crippen LogP contribution in [0.5, 0.6) is 0 Å². The van der Waals surface area contributed by atoms with Gasteiger partial charge in [-0.3, -0.25) is 19.5 Å². The fourth-order valence-electron chi connectivity index (χ4n) is 4.74. The first kappa shape index (κ1) is 23.8. The zero-order valence-corrected chi connectivity index (χ0v) is 20.6. The molecule has 1 N–H and O–H groups in total. The van der Waals surface area contributed by atoms with E-state index in [2.05, 4.69) is 19.9 Å². The van der Waals surface area contributed by atoms with Gasteiger partial charge < -0.3 is 5.32 Å². The fraction of sp³-hybridized carbons (Fsp3) is 0.250. The summed E-state index contributed by atoms with van der Waals surface area (Å²) in [7, 11) is 0. The number of anilines is 1. The number of nitrogens with zero attached hydrogens (tertiary/aromatic N) is 4. The van der Waals surface area contributed by atoms with Gasteiger partial charge in [0.15, 0.2) is 11.7 Å². The highest BCUT2D eigenvalue weighted by atomic mass is 32.1. The van der Waals surface area contributed by atoms with Gasteiger partial charge >= 0.3 is 0 Å². The van der Waals surface area contributed by atoms with E-state index in [-0.39, 0.29) is 17.6 Å². The zero-order chi connectivity index (χ0) is 24.7. The van der Waals surface area contributed by atoms with E-state index < -0.39 is 11.9 Å². The highest BCUT2D eigenvalue weighted by Gasteiger charge is 2.37. The van der Waals surface area contributed by atoms with Crippen molar-refractivity contribution >= 4 is 29.0 Å². The molecule has 2 aromatic heterocycles. The third-order valence-electron chi connectivity index (χ3n) is 6.47. The molecule has 5 rings (SSSR count). The summed E-state index contributed by atoms with van der Waals surface area (Å²) in [5.41, 5.74) is 3.06. The van der Waals surface area contributed by atoms with E-state index in [9.17, 15) is 9.59 Å². The Kier molecular flexibility index (Phi) is 7.42. The summed E-state index contributed by atoms with van der Waals surface area (Å²) in [5, 5.41) is 8.87. The zero-order valence-electron chi connectivity index (χ0n) is 19.8. The molecule has 0 saturated heterocycles. The molecule has 1 fully saturated rings. The Morgan fingerprint density at radius 3 is 2.39 bits per heavy atom. The SMILES string of the molecule is O=C(NC1CCCCC1)[C@H](c1ccccn1)N(C(=O)c1csnn1)c1ccccc1-c1ccccc1. The molecule has 2 amide bonds. The lowest BCUT2D eigenvalue weighted by Crippen LogP contribution is -2.47. The van der Waals surface area contributed by atoms with E-state index in [1.807, 2.05) is 60.7 Å². The van der Waals surface area contributed by atoms with Gasteiger partial charge in [0.2, 0.25) is 5.91 Å². The molecule has 0 spiro atoms. The Balaban J connectivity index is 1.65. The number of hydrogen-bond acceptors (Lipinski definition) is 6. The van der Waals surface area contributed by atoms with Crippen LogP contribution in [0.2, 0.25) is 0 Å². The summed E-state index contributed by atoms with van der Waals surface area (Å²) < 4.78 is 3.90. The van der Waals surface area contributed by atoms with Crippen molar-refractivity contribution in [2.45, 2.75) is 44.2 Å². The first-order valence-electron chi connectivity index (χ1n) is 12.2. The van der Waals surface area contributed by atoms with E-state index in [0.29, 0.717) is 11.4 Å². The number of para-hydroxylation sites is 1. The normalized spacial score (nSPS) is 14.7. The van der Waals surface area contributed by atoms with Crippen LogP contribution in [0.3, 0.4) is 0 Å². The average Bonchev–Trinajstić information content (AvgIpc) is 3.48. The van der Waals surface area contributed by atoms with Gasteiger partial charge in [-0.05, 0) is 48.1 Å². The molecule has 4 aromatic rings. The summed E-state index contributed by atoms with van der Waals surface area (Å²) in [4.78, 5) is 34.0. The molecule has 1 aliphatic carbocycles. The van der Waals surface area contributed by atoms with Crippen LogP contribution in [0, 0.1) is 0 Å². The van der Waals surface area contributed by atoms with Crippen LogP contribution in [0.1, 0.15) is 54.3 Å². The first-order valence-corrected chi connectivity index (χ1v) is 13.0. The van der Waals surface area contributed by atoms with Crippen LogP contribution in [-0.4, -0.2) is 32.4 Å². The summed E-state index contributed by atoms with van der Waals surface area (Å²) in [6, 6.07) is 22.0. The Morgan fingerprint density at radius 2 is 1.67 bits per heavy atom. The topological polar surface area (TPSA) is 88.1 Å². The smallest absolute Gasteiger partial charge is 0.280 e. The van der Waals surface area contributed by atoms with E-state index in [0.717, 1.165) is 48.3 Å². The second-order valence-electron chi connectivity index (χ2n) is 8.85. The summed E-state index contributed by atoms with van der Waals surface area (Å²) >= 11 is 1.10. The molecule has 1 atom stereocenters. The van der Waals surface area contributed by atoms with Gasteiger partial charge in [-0.25, -0.2) is 0 Å². The minimum absolute atomic E-state index is 0.0831. The molecule has 0 aliphatic heterocycles. The summed E-state index contributed by atoms with van der Waals surface area (Å²) in [5.74, 6) is -0.651. The fourth-order valence-corrected chi connectivity index (χ4v) is 5.17. The molecule has 8 heteroatoms. The predicted molar refractivity (Wildman–Crippen MR) is 141 cm³/mol. The number of pyridine rings is 1. The highest BCUT2D eigenvalue weighted by molar-refractivity contribution is 7.03. The van der Waals surface area contributed by atoms with Crippen LogP contribution in [0.25, 0.3) is 11.1 Å². The van der Waals surface area contributed by atoms with Gasteiger partial charge in [0, 0.05) is 23.2 Å². The third kappa shape index (κ3) is 5.18. The van der Waals surface area contributed by atoms with Crippen LogP contribution >= 0.6 is 11.5 Å². The lowest BCUT2D eigenvalue weighted by molar-refractivity contribution is -0.123. The predicted octanol–water partition coefficient (Wildman–Crippen LogP) is 5.44. The van der Waals surface area contributed by atoms with Crippen LogP contribution in [0.15, 0.2) is 84.4 Å². The quantitative estimate of drug-likeness (QED) is 0.367. The van der Waals surface area contributed by atoms with Crippen LogP contribution in [0.4, 0.5) is 5.69 Å². The number of aromatic nitrogens is 3. The van der Waals surface area contributed by atoms with Crippen molar-refractivity contribution in [1.29, 1.82) is 0 Å². The minimum Gasteiger partial charge on any atom is -0.351 e. The number of carbonyl (C=O) groups is 2. The molecule has 1 aliphatic rings. The van der Waals surface area contributed by atoms with Gasteiger partial charge in [0.1, 0.15) is 0 Å². The van der Waals surface area contributed by atoms with Crippen LogP contribution in [-0.2, 0) is 4.79 Å². The molecular weight excluding hydrogens is 470 g/mol. The van der Waals surface area contributed by atoms with E-state index in [1.165, 1.54) is 11.3 Å². The van der Waals surface area contributed by atoms with Crippen molar-refractivity contribution in [3.05, 3.63) is 95.8 Å². The lowest BCUT2D eigenvalue weighted by Gasteiger charge is -2.33. The van der Waals surface area contributed by atoms with Gasteiger partial charge in [0.25, 0.3) is 5.91 Å². The minimum atomic E-state index is -0.979. The van der Waals surface area contributed by atoms with E-state index in [4.69, 9.17) is 0 Å². The van der Waals surface area contributed by atoms with Crippen LogP contribution < -0.4 is 10.2 Å². The lowest BCUT2D eigenvalue weighted by atomic mass is 9.94. The molecule has 7 nitrogen and oxygen atoms in total. The van der Waals surface area contributed by atoms with E-state index in [1.54, 1.807) is 23.7 Å². The number of benzene rings is 2. The molecule has 0 bridgehead atoms. The summed E-state index contributed by atoms with van der Waals surface area (Å²) in [6.45, 7) is 0. The maximum atomic E-state index is 14.0. The van der Waals surface area contributed by atoms with Gasteiger partial charge in [-0.1, -0.05) is 78.3 Å². The Bertz CT molecular complexity index is 1290. The van der Waals surface area contributed by atoms with Crippen molar-refractivity contribution < 1.29 is 9.59 Å². The number of rotatable bonds is 7. The van der Waals surface area contributed by atoms with Crippen molar-refractivity contribution in [2.75, 3.05) is 4.90 Å². The molecule has 2 aromatic carbocycles. The molecule has 2 heterocycles. The Hall–Kier alpha value is -3.91. The number of hydrogen-bond donors (Lipinski definition) is 1. The van der Waals surface area contributed by atoms with Gasteiger partial charge in [-0.2, -0.15) is 0 Å². The molecule has 1 saturated carbocycles. The summed E-state index contributed by atoms with van der Waals surface area (Å²) in [6.07, 6.45) is 6.87. The Labute approximate surface area is 214 Å². The van der Waals surface area contributed by atoms with Gasteiger partial charge in [0.05, 0.1) is 11.4 Å². The maximum absolute atomic E-state index is 14.0. The number of amides is 2. The largest absolute Gasteiger partial charge is 0.351 e. The van der Waals surface area contributed by atoms with Crippen molar-refractivity contribution in [2.24, 2.45) is 0 Å². The highest BCUT2D eigenvalue weighted by Crippen LogP contribution is 2.37.